The van der Waals surface area contributed by atoms with Crippen LogP contribution in [0.1, 0.15) is 5.56 Å². The zero-order valence-corrected chi connectivity index (χ0v) is 23.5. The predicted molar refractivity (Wildman–Crippen MR) is 180 cm³/mol. The van der Waals surface area contributed by atoms with Gasteiger partial charge in [-0.3, -0.25) is 8.80 Å². The molecule has 10 rings (SSSR count). The molecule has 0 aliphatic carbocycles. The number of hydrogen-bond acceptors (Lipinski definition) is 1. The van der Waals surface area contributed by atoms with E-state index < -0.39 is 0 Å². The summed E-state index contributed by atoms with van der Waals surface area (Å²) < 4.78 is 4.76. The van der Waals surface area contributed by atoms with Crippen molar-refractivity contribution in [3.05, 3.63) is 139 Å². The summed E-state index contributed by atoms with van der Waals surface area (Å²) in [5.41, 5.74) is 12.0. The number of rotatable bonds is 2. The van der Waals surface area contributed by atoms with Gasteiger partial charge in [-0.05, 0) is 98.8 Å². The molecule has 0 aliphatic rings. The number of benzene rings is 7. The average molecular weight is 548 g/mol. The van der Waals surface area contributed by atoms with E-state index in [1.165, 1.54) is 76.7 Å². The first-order chi connectivity index (χ1) is 21.2. The Morgan fingerprint density at radius 2 is 1.14 bits per heavy atom. The van der Waals surface area contributed by atoms with Gasteiger partial charge < -0.3 is 0 Å². The van der Waals surface area contributed by atoms with E-state index in [-0.39, 0.29) is 0 Å². The molecule has 0 fully saturated rings. The summed E-state index contributed by atoms with van der Waals surface area (Å²) in [4.78, 5) is 5.29. The number of nitrogens with zero attached hydrogens (tertiary/aromatic N) is 3. The molecule has 0 saturated carbocycles. The average Bonchev–Trinajstić information content (AvgIpc) is 3.68. The highest BCUT2D eigenvalue weighted by Crippen LogP contribution is 2.42. The highest BCUT2D eigenvalue weighted by molar-refractivity contribution is 6.20. The Balaban J connectivity index is 1.38. The largest absolute Gasteiger partial charge is 0.277 e. The van der Waals surface area contributed by atoms with E-state index in [4.69, 9.17) is 4.98 Å². The summed E-state index contributed by atoms with van der Waals surface area (Å²) in [6.07, 6.45) is 0. The molecule has 0 N–H and O–H groups in total. The van der Waals surface area contributed by atoms with Crippen molar-refractivity contribution < 1.29 is 0 Å². The van der Waals surface area contributed by atoms with Gasteiger partial charge in [0.1, 0.15) is 0 Å². The zero-order chi connectivity index (χ0) is 28.2. The highest BCUT2D eigenvalue weighted by Gasteiger charge is 2.23. The molecule has 0 unspecified atom stereocenters. The van der Waals surface area contributed by atoms with E-state index in [0.717, 1.165) is 16.8 Å². The maximum Gasteiger partial charge on any atom is 0.220 e. The third-order valence-corrected chi connectivity index (χ3v) is 9.31. The Kier molecular flexibility index (Phi) is 4.38. The summed E-state index contributed by atoms with van der Waals surface area (Å²) in [5, 5.41) is 7.45. The summed E-state index contributed by atoms with van der Waals surface area (Å²) in [7, 11) is 0. The fourth-order valence-corrected chi connectivity index (χ4v) is 7.22. The predicted octanol–water partition coefficient (Wildman–Crippen LogP) is 10.4. The first-order valence-corrected chi connectivity index (χ1v) is 14.8. The molecule has 0 spiro atoms. The molecular formula is C40H25N3. The molecule has 3 heteroatoms. The normalized spacial score (nSPS) is 12.3. The zero-order valence-electron chi connectivity index (χ0n) is 23.5. The van der Waals surface area contributed by atoms with Crippen LogP contribution < -0.4 is 0 Å². The maximum atomic E-state index is 5.29. The topological polar surface area (TPSA) is 21.7 Å². The molecule has 7 aromatic carbocycles. The van der Waals surface area contributed by atoms with E-state index >= 15 is 0 Å². The van der Waals surface area contributed by atoms with Crippen molar-refractivity contribution in [3.8, 4) is 22.3 Å². The second kappa shape index (κ2) is 8.21. The van der Waals surface area contributed by atoms with Gasteiger partial charge in [-0.25, -0.2) is 4.98 Å². The molecular weight excluding hydrogens is 522 g/mol. The molecule has 3 nitrogen and oxygen atoms in total. The SMILES string of the molecule is Cc1ccc(-c2ccccc2)cc1-c1cc2c3cc4ccccc4cc3n3c2c(c1)n1c2cc4ccccc4cc2nc13. The highest BCUT2D eigenvalue weighted by atomic mass is 15.2. The van der Waals surface area contributed by atoms with Crippen LogP contribution in [0.3, 0.4) is 0 Å². The quantitative estimate of drug-likeness (QED) is 0.211. The number of fused-ring (bicyclic) bond motifs is 10. The number of hydrogen-bond donors (Lipinski definition) is 0. The molecule has 0 radical (unpaired) electrons. The third kappa shape index (κ3) is 3.11. The second-order valence-electron chi connectivity index (χ2n) is 11.8. The van der Waals surface area contributed by atoms with E-state index in [0.29, 0.717) is 0 Å². The molecule has 0 atom stereocenters. The van der Waals surface area contributed by atoms with Crippen LogP contribution in [0.15, 0.2) is 133 Å². The van der Waals surface area contributed by atoms with Crippen LogP contribution in [0, 0.1) is 6.92 Å². The Morgan fingerprint density at radius 1 is 0.465 bits per heavy atom. The summed E-state index contributed by atoms with van der Waals surface area (Å²) >= 11 is 0. The third-order valence-electron chi connectivity index (χ3n) is 9.31. The molecule has 0 amide bonds. The maximum absolute atomic E-state index is 5.29. The molecule has 0 bridgehead atoms. The van der Waals surface area contributed by atoms with Gasteiger partial charge in [0.25, 0.3) is 0 Å². The van der Waals surface area contributed by atoms with Gasteiger partial charge in [0, 0.05) is 10.8 Å². The number of imidazole rings is 2. The molecule has 43 heavy (non-hydrogen) atoms. The lowest BCUT2D eigenvalue weighted by Gasteiger charge is -2.11. The van der Waals surface area contributed by atoms with Gasteiger partial charge in [0.15, 0.2) is 0 Å². The van der Waals surface area contributed by atoms with Crippen molar-refractivity contribution >= 4 is 65.7 Å². The van der Waals surface area contributed by atoms with Crippen molar-refractivity contribution in [2.45, 2.75) is 6.92 Å². The fourth-order valence-electron chi connectivity index (χ4n) is 7.22. The number of aromatic nitrogens is 3. The minimum Gasteiger partial charge on any atom is -0.277 e. The van der Waals surface area contributed by atoms with Crippen molar-refractivity contribution in [1.29, 1.82) is 0 Å². The molecule has 3 aromatic heterocycles. The molecule has 0 aliphatic heterocycles. The van der Waals surface area contributed by atoms with Crippen molar-refractivity contribution in [1.82, 2.24) is 13.8 Å². The van der Waals surface area contributed by atoms with Gasteiger partial charge in [0.2, 0.25) is 5.78 Å². The Bertz CT molecular complexity index is 2730. The van der Waals surface area contributed by atoms with E-state index in [1.807, 2.05) is 0 Å². The summed E-state index contributed by atoms with van der Waals surface area (Å²) in [6, 6.07) is 48.7. The lowest BCUT2D eigenvalue weighted by molar-refractivity contribution is 1.22. The van der Waals surface area contributed by atoms with E-state index in [2.05, 4.69) is 149 Å². The molecule has 10 aromatic rings. The monoisotopic (exact) mass is 547 g/mol. The lowest BCUT2D eigenvalue weighted by Crippen LogP contribution is -1.88. The standard InChI is InChI=1S/C40H25N3/c1-24-15-16-30(25-9-3-2-4-10-25)17-32(24)31-19-34-33-18-26-11-5-7-13-28(26)21-36(33)43-39(34)38(23-31)42-37-22-29-14-8-6-12-27(29)20-35(37)41-40(42)43/h2-23H,1H3. The fraction of sp³-hybridized carbons (Fsp3) is 0.0250. The van der Waals surface area contributed by atoms with Crippen molar-refractivity contribution in [2.75, 3.05) is 0 Å². The van der Waals surface area contributed by atoms with Crippen molar-refractivity contribution in [2.24, 2.45) is 0 Å². The smallest absolute Gasteiger partial charge is 0.220 e. The Labute approximate surface area is 247 Å². The number of aryl methyl sites for hydroxylation is 1. The molecule has 200 valence electrons. The Hall–Kier alpha value is -5.67. The van der Waals surface area contributed by atoms with Crippen LogP contribution in [0.2, 0.25) is 0 Å². The van der Waals surface area contributed by atoms with E-state index in [1.54, 1.807) is 0 Å². The Morgan fingerprint density at radius 3 is 1.91 bits per heavy atom. The molecule has 0 saturated heterocycles. The van der Waals surface area contributed by atoms with Crippen LogP contribution in [-0.2, 0) is 0 Å². The van der Waals surface area contributed by atoms with Crippen LogP contribution in [0.5, 0.6) is 0 Å². The first-order valence-electron chi connectivity index (χ1n) is 14.8. The van der Waals surface area contributed by atoms with Crippen LogP contribution in [0.25, 0.3) is 87.9 Å². The van der Waals surface area contributed by atoms with Crippen LogP contribution in [-0.4, -0.2) is 13.8 Å². The first kappa shape index (κ1) is 23.0. The minimum absolute atomic E-state index is 0.961. The van der Waals surface area contributed by atoms with Crippen LogP contribution >= 0.6 is 0 Å². The second-order valence-corrected chi connectivity index (χ2v) is 11.8. The molecule has 3 heterocycles. The van der Waals surface area contributed by atoms with Gasteiger partial charge in [-0.2, -0.15) is 0 Å². The van der Waals surface area contributed by atoms with Crippen molar-refractivity contribution in [3.63, 3.8) is 0 Å². The van der Waals surface area contributed by atoms with Gasteiger partial charge >= 0.3 is 0 Å². The van der Waals surface area contributed by atoms with E-state index in [9.17, 15) is 0 Å². The summed E-state index contributed by atoms with van der Waals surface area (Å²) in [5.74, 6) is 0.961. The lowest BCUT2D eigenvalue weighted by atomic mass is 9.94. The van der Waals surface area contributed by atoms with Gasteiger partial charge in [0.05, 0.1) is 27.6 Å². The van der Waals surface area contributed by atoms with Gasteiger partial charge in [-0.1, -0.05) is 91.0 Å². The van der Waals surface area contributed by atoms with Crippen LogP contribution in [0.4, 0.5) is 0 Å². The summed E-state index contributed by atoms with van der Waals surface area (Å²) in [6.45, 7) is 2.22. The minimum atomic E-state index is 0.961. The van der Waals surface area contributed by atoms with Gasteiger partial charge in [-0.15, -0.1) is 0 Å².